The maximum absolute atomic E-state index is 11.4. The molecule has 4 nitrogen and oxygen atoms in total. The van der Waals surface area contributed by atoms with E-state index in [1.807, 2.05) is 6.07 Å². The Morgan fingerprint density at radius 2 is 2.29 bits per heavy atom. The predicted molar refractivity (Wildman–Crippen MR) is 51.1 cm³/mol. The maximum atomic E-state index is 11.4. The van der Waals surface area contributed by atoms with Gasteiger partial charge in [0, 0.05) is 11.6 Å². The fourth-order valence-corrected chi connectivity index (χ4v) is 1.18. The number of rotatable bonds is 2. The van der Waals surface area contributed by atoms with Gasteiger partial charge in [0.15, 0.2) is 5.76 Å². The third kappa shape index (κ3) is 1.90. The van der Waals surface area contributed by atoms with Crippen LogP contribution in [0.25, 0.3) is 0 Å². The summed E-state index contributed by atoms with van der Waals surface area (Å²) in [6.07, 6.45) is 2.80. The summed E-state index contributed by atoms with van der Waals surface area (Å²) in [5.41, 5.74) is 6.32. The van der Waals surface area contributed by atoms with Gasteiger partial charge in [-0.3, -0.25) is 4.79 Å². The highest BCUT2D eigenvalue weighted by atomic mass is 16.3. The van der Waals surface area contributed by atoms with E-state index in [0.717, 1.165) is 0 Å². The van der Waals surface area contributed by atoms with Crippen LogP contribution >= 0.6 is 0 Å². The van der Waals surface area contributed by atoms with Crippen LogP contribution < -0.4 is 5.73 Å². The van der Waals surface area contributed by atoms with E-state index in [1.54, 1.807) is 0 Å². The van der Waals surface area contributed by atoms with Gasteiger partial charge in [0.2, 0.25) is 5.78 Å². The van der Waals surface area contributed by atoms with Gasteiger partial charge in [-0.1, -0.05) is 6.58 Å². The number of hydrogen-bond donors (Lipinski definition) is 2. The zero-order chi connectivity index (χ0) is 10.7. The fourth-order valence-electron chi connectivity index (χ4n) is 1.18. The second-order valence-corrected chi connectivity index (χ2v) is 3.00. The van der Waals surface area contributed by atoms with E-state index in [-0.39, 0.29) is 17.8 Å². The monoisotopic (exact) mass is 190 g/mol. The number of nitriles is 1. The molecule has 0 saturated heterocycles. The first-order valence-corrected chi connectivity index (χ1v) is 4.04. The number of Topliss-reactive ketones (excluding diaryl/α,β-unsaturated/α-hetero) is 1. The smallest absolute Gasteiger partial charge is 0.224 e. The van der Waals surface area contributed by atoms with Gasteiger partial charge in [-0.25, -0.2) is 0 Å². The Bertz CT molecular complexity index is 385. The van der Waals surface area contributed by atoms with Crippen LogP contribution in [-0.2, 0) is 4.79 Å². The standard InChI is InChI=1S/C10H10N2O2/c1-6-4-7(8(12)2-3-11)10(14)9(13)5-6/h4-5,8,13H,1-2,12H2/t8-/m0/s1. The number of ketones is 1. The number of carbonyl (C=O) groups is 1. The summed E-state index contributed by atoms with van der Waals surface area (Å²) in [5.74, 6) is -0.902. The third-order valence-corrected chi connectivity index (χ3v) is 1.87. The van der Waals surface area contributed by atoms with Gasteiger partial charge in [-0.15, -0.1) is 0 Å². The summed E-state index contributed by atoms with van der Waals surface area (Å²) in [6, 6.07) is 1.20. The average Bonchev–Trinajstić information content (AvgIpc) is 2.11. The molecule has 0 aromatic rings. The van der Waals surface area contributed by atoms with Gasteiger partial charge < -0.3 is 10.8 Å². The summed E-state index contributed by atoms with van der Waals surface area (Å²) in [7, 11) is 0. The van der Waals surface area contributed by atoms with Crippen molar-refractivity contribution in [2.45, 2.75) is 12.5 Å². The lowest BCUT2D eigenvalue weighted by atomic mass is 9.93. The normalized spacial score (nSPS) is 18.3. The minimum Gasteiger partial charge on any atom is -0.504 e. The first-order chi connectivity index (χ1) is 6.56. The van der Waals surface area contributed by atoms with Crippen LogP contribution in [0, 0.1) is 11.3 Å². The van der Waals surface area contributed by atoms with Crippen molar-refractivity contribution in [1.29, 1.82) is 5.26 Å². The third-order valence-electron chi connectivity index (χ3n) is 1.87. The number of hydrogen-bond acceptors (Lipinski definition) is 4. The van der Waals surface area contributed by atoms with E-state index in [9.17, 15) is 9.90 Å². The minimum absolute atomic E-state index is 0.0398. The molecule has 0 heterocycles. The topological polar surface area (TPSA) is 87.1 Å². The number of nitrogens with two attached hydrogens (primary N) is 1. The molecule has 1 rings (SSSR count). The zero-order valence-corrected chi connectivity index (χ0v) is 7.53. The molecular weight excluding hydrogens is 180 g/mol. The molecule has 0 bridgehead atoms. The van der Waals surface area contributed by atoms with Crippen molar-refractivity contribution < 1.29 is 9.90 Å². The van der Waals surface area contributed by atoms with E-state index in [2.05, 4.69) is 6.58 Å². The molecule has 0 unspecified atom stereocenters. The van der Waals surface area contributed by atoms with E-state index >= 15 is 0 Å². The molecule has 0 saturated carbocycles. The van der Waals surface area contributed by atoms with Crippen molar-refractivity contribution in [3.63, 3.8) is 0 Å². The fraction of sp³-hybridized carbons (Fsp3) is 0.200. The summed E-state index contributed by atoms with van der Waals surface area (Å²) in [6.45, 7) is 3.59. The van der Waals surface area contributed by atoms with Crippen molar-refractivity contribution >= 4 is 5.78 Å². The van der Waals surface area contributed by atoms with E-state index in [1.165, 1.54) is 12.2 Å². The maximum Gasteiger partial charge on any atom is 0.224 e. The Labute approximate surface area is 81.6 Å². The Balaban J connectivity index is 2.95. The zero-order valence-electron chi connectivity index (χ0n) is 7.53. The van der Waals surface area contributed by atoms with Crippen molar-refractivity contribution in [2.24, 2.45) is 5.73 Å². The molecule has 3 N–H and O–H groups in total. The second kappa shape index (κ2) is 3.90. The van der Waals surface area contributed by atoms with Crippen molar-refractivity contribution in [3.8, 4) is 6.07 Å². The second-order valence-electron chi connectivity index (χ2n) is 3.00. The van der Waals surface area contributed by atoms with Crippen molar-refractivity contribution in [1.82, 2.24) is 0 Å². The molecule has 4 heteroatoms. The molecule has 72 valence electrons. The quantitative estimate of drug-likeness (QED) is 0.672. The van der Waals surface area contributed by atoms with Gasteiger partial charge in [0.25, 0.3) is 0 Å². The summed E-state index contributed by atoms with van der Waals surface area (Å²) in [4.78, 5) is 11.4. The Hall–Kier alpha value is -1.86. The molecule has 0 spiro atoms. The number of aliphatic hydroxyl groups excluding tert-OH is 1. The molecule has 1 aliphatic carbocycles. The molecular formula is C10H10N2O2. The van der Waals surface area contributed by atoms with Gasteiger partial charge in [-0.05, 0) is 17.7 Å². The molecule has 0 amide bonds. The SMILES string of the molecule is C=C1C=C(O)C(=O)C([C@@H](N)CC#N)=C1. The first kappa shape index (κ1) is 10.2. The van der Waals surface area contributed by atoms with Gasteiger partial charge in [0.1, 0.15) is 0 Å². The van der Waals surface area contributed by atoms with Crippen LogP contribution in [0.2, 0.25) is 0 Å². The Morgan fingerprint density at radius 1 is 1.64 bits per heavy atom. The molecule has 0 aromatic carbocycles. The summed E-state index contributed by atoms with van der Waals surface area (Å²) < 4.78 is 0. The van der Waals surface area contributed by atoms with Crippen molar-refractivity contribution in [2.75, 3.05) is 0 Å². The lowest BCUT2D eigenvalue weighted by Crippen LogP contribution is -2.29. The van der Waals surface area contributed by atoms with Gasteiger partial charge >= 0.3 is 0 Å². The lowest BCUT2D eigenvalue weighted by molar-refractivity contribution is -0.114. The minimum atomic E-state index is -0.667. The molecule has 1 aliphatic rings. The molecule has 1 atom stereocenters. The average molecular weight is 190 g/mol. The van der Waals surface area contributed by atoms with Crippen LogP contribution in [0.15, 0.2) is 35.6 Å². The molecule has 14 heavy (non-hydrogen) atoms. The summed E-state index contributed by atoms with van der Waals surface area (Å²) in [5, 5.41) is 17.6. The molecule has 0 fully saturated rings. The van der Waals surface area contributed by atoms with E-state index < -0.39 is 11.8 Å². The lowest BCUT2D eigenvalue weighted by Gasteiger charge is -2.15. The summed E-state index contributed by atoms with van der Waals surface area (Å²) >= 11 is 0. The number of carbonyl (C=O) groups excluding carboxylic acids is 1. The van der Waals surface area contributed by atoms with Crippen LogP contribution in [0.1, 0.15) is 6.42 Å². The van der Waals surface area contributed by atoms with Crippen LogP contribution in [0.5, 0.6) is 0 Å². The number of nitrogens with zero attached hydrogens (tertiary/aromatic N) is 1. The van der Waals surface area contributed by atoms with Crippen LogP contribution in [0.4, 0.5) is 0 Å². The Morgan fingerprint density at radius 3 is 2.86 bits per heavy atom. The Kier molecular flexibility index (Phi) is 2.85. The van der Waals surface area contributed by atoms with E-state index in [0.29, 0.717) is 5.57 Å². The van der Waals surface area contributed by atoms with Crippen LogP contribution in [0.3, 0.4) is 0 Å². The highest BCUT2D eigenvalue weighted by molar-refractivity contribution is 6.09. The number of allylic oxidation sites excluding steroid dienone is 4. The molecule has 0 aromatic heterocycles. The van der Waals surface area contributed by atoms with Gasteiger partial charge in [0.05, 0.1) is 12.5 Å². The molecule has 0 aliphatic heterocycles. The van der Waals surface area contributed by atoms with Crippen LogP contribution in [-0.4, -0.2) is 16.9 Å². The van der Waals surface area contributed by atoms with Gasteiger partial charge in [-0.2, -0.15) is 5.26 Å². The van der Waals surface area contributed by atoms with E-state index in [4.69, 9.17) is 11.0 Å². The highest BCUT2D eigenvalue weighted by Crippen LogP contribution is 2.19. The molecule has 0 radical (unpaired) electrons. The largest absolute Gasteiger partial charge is 0.504 e. The first-order valence-electron chi connectivity index (χ1n) is 4.04. The van der Waals surface area contributed by atoms with Crippen molar-refractivity contribution in [3.05, 3.63) is 35.6 Å². The number of aliphatic hydroxyl groups is 1. The highest BCUT2D eigenvalue weighted by Gasteiger charge is 2.23. The predicted octanol–water partition coefficient (Wildman–Crippen LogP) is 0.735.